The lowest BCUT2D eigenvalue weighted by atomic mass is 9.62. The van der Waals surface area contributed by atoms with Crippen LogP contribution in [-0.2, 0) is 22.6 Å². The lowest BCUT2D eigenvalue weighted by Gasteiger charge is -2.41. The average molecular weight is 455 g/mol. The van der Waals surface area contributed by atoms with E-state index in [-0.39, 0.29) is 46.2 Å². The second-order valence-electron chi connectivity index (χ2n) is 10.5. The molecule has 0 aromatic heterocycles. The van der Waals surface area contributed by atoms with Crippen molar-refractivity contribution >= 4 is 17.5 Å². The number of nitrogens with two attached hydrogens (primary N) is 1. The Morgan fingerprint density at radius 2 is 1.85 bits per heavy atom. The van der Waals surface area contributed by atoms with Crippen LogP contribution in [0.2, 0.25) is 0 Å². The van der Waals surface area contributed by atoms with Gasteiger partial charge < -0.3 is 26.4 Å². The van der Waals surface area contributed by atoms with E-state index in [2.05, 4.69) is 26.1 Å². The van der Waals surface area contributed by atoms with Crippen molar-refractivity contribution in [1.29, 1.82) is 0 Å². The fourth-order valence-corrected chi connectivity index (χ4v) is 5.44. The Morgan fingerprint density at radius 3 is 2.48 bits per heavy atom. The molecule has 1 amide bonds. The zero-order valence-corrected chi connectivity index (χ0v) is 19.1. The second kappa shape index (κ2) is 8.02. The van der Waals surface area contributed by atoms with Gasteiger partial charge in [-0.2, -0.15) is 0 Å². The van der Waals surface area contributed by atoms with Gasteiger partial charge in [0.1, 0.15) is 22.8 Å². The number of hydrogen-bond acceptors (Lipinski definition) is 7. The standard InChI is InChI=1S/C25H30N2O6/c1-25(2,3)10-27-9-11-4-5-15(28)19-14(11)7-12-6-13-8-16(29)20(24(26)33)23(32)18(13)21(30)17(12)22(19)31/h4-5,12-13,18,27-30H,6-10H2,1-3H3,(H2,26,33)/t12-,13+,18?/m1/s1. The fourth-order valence-electron chi connectivity index (χ4n) is 5.44. The molecule has 8 nitrogen and oxygen atoms in total. The lowest BCUT2D eigenvalue weighted by molar-refractivity contribution is -0.126. The lowest BCUT2D eigenvalue weighted by Crippen LogP contribution is -2.43. The van der Waals surface area contributed by atoms with Gasteiger partial charge in [0.15, 0.2) is 11.6 Å². The van der Waals surface area contributed by atoms with E-state index in [9.17, 15) is 29.7 Å². The predicted octanol–water partition coefficient (Wildman–Crippen LogP) is 2.60. The van der Waals surface area contributed by atoms with E-state index in [1.54, 1.807) is 6.07 Å². The highest BCUT2D eigenvalue weighted by molar-refractivity contribution is 6.22. The van der Waals surface area contributed by atoms with Gasteiger partial charge in [-0.15, -0.1) is 0 Å². The van der Waals surface area contributed by atoms with E-state index in [1.165, 1.54) is 6.07 Å². The Balaban J connectivity index is 1.73. The number of carbonyl (C=O) groups is 3. The number of ketones is 2. The molecule has 1 aromatic rings. The zero-order valence-electron chi connectivity index (χ0n) is 19.1. The van der Waals surface area contributed by atoms with Crippen molar-refractivity contribution in [3.8, 4) is 5.75 Å². The maximum Gasteiger partial charge on any atom is 0.255 e. The summed E-state index contributed by atoms with van der Waals surface area (Å²) in [7, 11) is 0. The number of phenolic OH excluding ortho intramolecular Hbond substituents is 1. The third-order valence-corrected chi connectivity index (χ3v) is 6.84. The number of primary amides is 1. The molecule has 176 valence electrons. The van der Waals surface area contributed by atoms with Crippen LogP contribution in [0.1, 0.15) is 55.1 Å². The molecule has 3 aliphatic rings. The van der Waals surface area contributed by atoms with Crippen LogP contribution in [0.15, 0.2) is 34.8 Å². The number of carbonyl (C=O) groups excluding carboxylic acids is 3. The maximum atomic E-state index is 13.5. The van der Waals surface area contributed by atoms with E-state index in [0.29, 0.717) is 19.4 Å². The van der Waals surface area contributed by atoms with Gasteiger partial charge in [-0.25, -0.2) is 0 Å². The van der Waals surface area contributed by atoms with E-state index in [0.717, 1.165) is 17.7 Å². The van der Waals surface area contributed by atoms with Crippen LogP contribution in [-0.4, -0.2) is 39.3 Å². The number of amides is 1. The molecule has 0 aliphatic heterocycles. The van der Waals surface area contributed by atoms with Crippen molar-refractivity contribution in [3.63, 3.8) is 0 Å². The molecule has 3 aliphatic carbocycles. The van der Waals surface area contributed by atoms with E-state index >= 15 is 0 Å². The molecule has 6 N–H and O–H groups in total. The Hall–Kier alpha value is -3.13. The molecular formula is C25H30N2O6. The Bertz CT molecular complexity index is 1120. The zero-order chi connectivity index (χ0) is 24.2. The van der Waals surface area contributed by atoms with E-state index in [4.69, 9.17) is 5.73 Å². The molecule has 0 bridgehead atoms. The average Bonchev–Trinajstić information content (AvgIpc) is 2.67. The molecular weight excluding hydrogens is 424 g/mol. The van der Waals surface area contributed by atoms with Crippen molar-refractivity contribution < 1.29 is 29.7 Å². The first kappa shape index (κ1) is 23.0. The van der Waals surface area contributed by atoms with Gasteiger partial charge >= 0.3 is 0 Å². The fraction of sp³-hybridized carbons (Fsp3) is 0.480. The number of fused-ring (bicyclic) bond motifs is 3. The molecule has 0 radical (unpaired) electrons. The molecule has 0 saturated heterocycles. The summed E-state index contributed by atoms with van der Waals surface area (Å²) in [5.74, 6) is -5.12. The van der Waals surface area contributed by atoms with E-state index < -0.39 is 34.9 Å². The van der Waals surface area contributed by atoms with Crippen LogP contribution < -0.4 is 11.1 Å². The summed E-state index contributed by atoms with van der Waals surface area (Å²) in [6, 6.07) is 3.28. The minimum absolute atomic E-state index is 0.0314. The molecule has 0 saturated carbocycles. The smallest absolute Gasteiger partial charge is 0.255 e. The Labute approximate surface area is 192 Å². The molecule has 1 aromatic carbocycles. The van der Waals surface area contributed by atoms with Crippen molar-refractivity contribution in [2.75, 3.05) is 6.54 Å². The summed E-state index contributed by atoms with van der Waals surface area (Å²) >= 11 is 0. The summed E-state index contributed by atoms with van der Waals surface area (Å²) < 4.78 is 0. The van der Waals surface area contributed by atoms with Crippen LogP contribution in [0.25, 0.3) is 0 Å². The van der Waals surface area contributed by atoms with Gasteiger partial charge in [0.05, 0.1) is 11.5 Å². The van der Waals surface area contributed by atoms with Crippen LogP contribution >= 0.6 is 0 Å². The van der Waals surface area contributed by atoms with Crippen molar-refractivity contribution in [1.82, 2.24) is 5.32 Å². The monoisotopic (exact) mass is 454 g/mol. The highest BCUT2D eigenvalue weighted by atomic mass is 16.3. The Morgan fingerprint density at radius 1 is 1.15 bits per heavy atom. The van der Waals surface area contributed by atoms with Crippen molar-refractivity contribution in [2.45, 2.75) is 46.6 Å². The molecule has 3 atom stereocenters. The maximum absolute atomic E-state index is 13.5. The van der Waals surface area contributed by atoms with Gasteiger partial charge in [-0.05, 0) is 47.3 Å². The normalized spacial score (nSPS) is 25.0. The third-order valence-electron chi connectivity index (χ3n) is 6.84. The highest BCUT2D eigenvalue weighted by Crippen LogP contribution is 2.49. The number of aliphatic hydroxyl groups excluding tert-OH is 2. The summed E-state index contributed by atoms with van der Waals surface area (Å²) in [5, 5.41) is 35.2. The third kappa shape index (κ3) is 3.93. The first-order chi connectivity index (χ1) is 15.4. The summed E-state index contributed by atoms with van der Waals surface area (Å²) in [6.45, 7) is 7.65. The highest BCUT2D eigenvalue weighted by Gasteiger charge is 2.50. The number of phenols is 1. The quantitative estimate of drug-likeness (QED) is 0.439. The first-order valence-corrected chi connectivity index (χ1v) is 11.2. The van der Waals surface area contributed by atoms with Crippen molar-refractivity contribution in [3.05, 3.63) is 51.5 Å². The minimum Gasteiger partial charge on any atom is -0.511 e. The van der Waals surface area contributed by atoms with Crippen LogP contribution in [0.3, 0.4) is 0 Å². The largest absolute Gasteiger partial charge is 0.511 e. The van der Waals surface area contributed by atoms with Gasteiger partial charge in [-0.3, -0.25) is 14.4 Å². The molecule has 0 fully saturated rings. The van der Waals surface area contributed by atoms with Gasteiger partial charge in [0.25, 0.3) is 5.91 Å². The molecule has 8 heteroatoms. The van der Waals surface area contributed by atoms with Gasteiger partial charge in [-0.1, -0.05) is 26.8 Å². The number of allylic oxidation sites excluding steroid dienone is 3. The van der Waals surface area contributed by atoms with Crippen LogP contribution in [0.4, 0.5) is 0 Å². The molecule has 33 heavy (non-hydrogen) atoms. The number of nitrogens with one attached hydrogen (secondary N) is 1. The summed E-state index contributed by atoms with van der Waals surface area (Å²) in [5.41, 5.74) is 6.73. The topological polar surface area (TPSA) is 150 Å². The van der Waals surface area contributed by atoms with Crippen LogP contribution in [0.5, 0.6) is 5.75 Å². The number of benzene rings is 1. The van der Waals surface area contributed by atoms with E-state index in [1.807, 2.05) is 0 Å². The first-order valence-electron chi connectivity index (χ1n) is 11.2. The molecule has 0 heterocycles. The summed E-state index contributed by atoms with van der Waals surface area (Å²) in [4.78, 5) is 38.0. The second-order valence-corrected chi connectivity index (χ2v) is 10.5. The summed E-state index contributed by atoms with van der Waals surface area (Å²) in [6.07, 6.45) is 0.844. The number of rotatable bonds is 4. The molecule has 0 spiro atoms. The van der Waals surface area contributed by atoms with Crippen molar-refractivity contribution in [2.24, 2.45) is 28.9 Å². The Kier molecular flexibility index (Phi) is 5.60. The number of aliphatic hydroxyl groups is 2. The number of Topliss-reactive ketones (excluding diaryl/α,β-unsaturated/α-hetero) is 2. The van der Waals surface area contributed by atoms with Gasteiger partial charge in [0.2, 0.25) is 0 Å². The molecule has 1 unspecified atom stereocenters. The van der Waals surface area contributed by atoms with Crippen LogP contribution in [0, 0.1) is 23.2 Å². The number of aromatic hydroxyl groups is 1. The predicted molar refractivity (Wildman–Crippen MR) is 121 cm³/mol. The minimum atomic E-state index is -1.10. The number of hydrogen-bond donors (Lipinski definition) is 5. The molecule has 4 rings (SSSR count). The van der Waals surface area contributed by atoms with Gasteiger partial charge in [0, 0.05) is 25.1 Å². The SMILES string of the molecule is CC(C)(C)CNCc1ccc(O)c2c1C[C@H]1C[C@H]3CC(O)=C(C(N)=O)C(=O)C3C(O)=C1C2=O.